The van der Waals surface area contributed by atoms with Gasteiger partial charge in [-0.25, -0.2) is 0 Å². The SMILES string of the molecule is [CH2-][n+]1ccccc1-c1[c-]cccc1.[CH2-]c1ccccc1-c1cccc[n+]1[CH2-].[CH2-]c1ccccc1-c1ccccn1.[Ir].c1ccc2c(c1)c1ccccc1n2-c1ccc(N(c2ccc(-n3c4ccccc4c4ccccc43)cc2)c2ccc(-n3c4ccccc4c4ccccc43)cc2)cc1. The number of aromatic nitrogens is 6. The minimum Gasteiger partial charge on any atom is -0.343 e. The van der Waals surface area contributed by atoms with Gasteiger partial charge in [0.25, 0.3) is 0 Å². The predicted octanol–water partition coefficient (Wildman–Crippen LogP) is 21.9. The molecule has 18 rings (SSSR count). The van der Waals surface area contributed by atoms with Gasteiger partial charge in [0.1, 0.15) is 5.69 Å². The molecule has 0 saturated carbocycles. The molecule has 0 aliphatic heterocycles. The standard InChI is InChI=1S/C54H36N4.C13H12N.2C12H10N.Ir/c1-7-19-49-43(13-1)44-14-2-8-20-50(44)56(49)40-31-25-37(26-32-40)55(38-27-33-41(34-28-38)57-51-21-9-3-15-45(51)46-16-4-10-22-52(46)57)39-29-35-42(36-30-39)58-53-23-11-5-17-47(53)48-18-6-12-24-54(48)58;1-11-7-3-4-8-12(11)13-9-5-6-10-14(13)2;1-10-6-2-3-7-11(10)12-8-4-5-9-13-12;1-13-10-6-5-9-12(13)11-7-3-2-4-8-11;/h1-36H;3-10H,1-2H2;2-9H,1H2;2-7,9-10H,1H2;/q;3*-1;. The van der Waals surface area contributed by atoms with Gasteiger partial charge in [-0.3, -0.25) is 4.98 Å². The molecule has 1 radical (unpaired) electrons. The molecule has 8 heteroatoms. The van der Waals surface area contributed by atoms with Crippen LogP contribution in [0, 0.1) is 34.0 Å². The maximum Gasteiger partial charge on any atom is 0.115 e. The van der Waals surface area contributed by atoms with Crippen LogP contribution in [0.25, 0.3) is 116 Å². The van der Waals surface area contributed by atoms with Crippen LogP contribution >= 0.6 is 0 Å². The number of hydrogen-bond donors (Lipinski definition) is 0. The third-order valence-corrected chi connectivity index (χ3v) is 18.0. The van der Waals surface area contributed by atoms with Crippen LogP contribution in [0.3, 0.4) is 0 Å². The third kappa shape index (κ3) is 12.8. The number of hydrogen-bond acceptors (Lipinski definition) is 2. The fourth-order valence-corrected chi connectivity index (χ4v) is 13.4. The first-order chi connectivity index (χ1) is 48.3. The zero-order valence-electron chi connectivity index (χ0n) is 54.4. The molecule has 0 saturated heterocycles. The molecule has 0 spiro atoms. The van der Waals surface area contributed by atoms with Crippen LogP contribution in [0.1, 0.15) is 11.1 Å². The van der Waals surface area contributed by atoms with E-state index >= 15 is 0 Å². The molecule has 0 atom stereocenters. The van der Waals surface area contributed by atoms with Crippen molar-refractivity contribution in [3.05, 3.63) is 410 Å². The summed E-state index contributed by atoms with van der Waals surface area (Å²) < 4.78 is 10.8. The van der Waals surface area contributed by atoms with Gasteiger partial charge in [0.05, 0.1) is 51.2 Å². The minimum atomic E-state index is 0. The molecule has 18 aromatic rings. The summed E-state index contributed by atoms with van der Waals surface area (Å²) in [6.07, 6.45) is 5.65. The van der Waals surface area contributed by atoms with Gasteiger partial charge in [-0.2, -0.15) is 37.1 Å². The maximum absolute atomic E-state index is 4.27. The van der Waals surface area contributed by atoms with Gasteiger partial charge < -0.3 is 27.7 Å². The van der Waals surface area contributed by atoms with E-state index in [1.54, 1.807) is 6.20 Å². The molecule has 0 N–H and O–H groups in total. The van der Waals surface area contributed by atoms with Gasteiger partial charge in [0, 0.05) is 113 Å². The molecule has 0 bridgehead atoms. The Hall–Kier alpha value is -12.6. The van der Waals surface area contributed by atoms with E-state index in [0.717, 1.165) is 79.0 Å². The van der Waals surface area contributed by atoms with Crippen LogP contribution in [0.2, 0.25) is 0 Å². The summed E-state index contributed by atoms with van der Waals surface area (Å²) in [5.74, 6) is 0. The van der Waals surface area contributed by atoms with Crippen LogP contribution in [0.5, 0.6) is 0 Å². The molecule has 0 fully saturated rings. The molecule has 6 aromatic heterocycles. The largest absolute Gasteiger partial charge is 0.343 e. The third-order valence-electron chi connectivity index (χ3n) is 18.0. The molecule has 0 amide bonds. The van der Waals surface area contributed by atoms with Gasteiger partial charge in [0.15, 0.2) is 0 Å². The first-order valence-electron chi connectivity index (χ1n) is 32.7. The summed E-state index contributed by atoms with van der Waals surface area (Å²) in [5, 5.41) is 7.56. The first-order valence-corrected chi connectivity index (χ1v) is 32.7. The first kappa shape index (κ1) is 63.8. The van der Waals surface area contributed by atoms with Crippen molar-refractivity contribution < 1.29 is 29.2 Å². The van der Waals surface area contributed by atoms with Crippen molar-refractivity contribution in [2.45, 2.75) is 0 Å². The van der Waals surface area contributed by atoms with E-state index in [0.29, 0.717) is 0 Å². The van der Waals surface area contributed by atoms with Crippen molar-refractivity contribution in [3.8, 4) is 50.8 Å². The van der Waals surface area contributed by atoms with Crippen LogP contribution in [-0.4, -0.2) is 18.7 Å². The van der Waals surface area contributed by atoms with E-state index in [-0.39, 0.29) is 20.1 Å². The van der Waals surface area contributed by atoms with Gasteiger partial charge >= 0.3 is 0 Å². The summed E-state index contributed by atoms with van der Waals surface area (Å²) >= 11 is 0. The molecule has 6 heterocycles. The Morgan fingerprint density at radius 1 is 0.303 bits per heavy atom. The second kappa shape index (κ2) is 28.8. The molecular formula is C91H68IrN7-3. The Balaban J connectivity index is 0.000000163. The van der Waals surface area contributed by atoms with Crippen LogP contribution in [-0.2, 0) is 20.1 Å². The Kier molecular flexibility index (Phi) is 18.5. The van der Waals surface area contributed by atoms with Crippen molar-refractivity contribution in [1.82, 2.24) is 18.7 Å². The number of fused-ring (bicyclic) bond motifs is 9. The number of pyridine rings is 3. The molecule has 0 unspecified atom stereocenters. The zero-order chi connectivity index (χ0) is 66.3. The molecule has 0 aliphatic carbocycles. The van der Waals surface area contributed by atoms with E-state index in [2.05, 4.69) is 282 Å². The number of rotatable bonds is 9. The maximum atomic E-state index is 4.27. The average Bonchev–Trinajstić information content (AvgIpc) is 1.66. The van der Waals surface area contributed by atoms with Crippen LogP contribution in [0.4, 0.5) is 17.1 Å². The van der Waals surface area contributed by atoms with Gasteiger partial charge in [-0.1, -0.05) is 163 Å². The second-order valence-electron chi connectivity index (χ2n) is 23.9. The summed E-state index contributed by atoms with van der Waals surface area (Å²) in [6.45, 7) is 7.95. The van der Waals surface area contributed by atoms with E-state index in [9.17, 15) is 0 Å². The number of anilines is 3. The van der Waals surface area contributed by atoms with Crippen molar-refractivity contribution in [2.75, 3.05) is 4.90 Å². The topological polar surface area (TPSA) is 38.7 Å². The van der Waals surface area contributed by atoms with Gasteiger partial charge in [-0.15, -0.1) is 65.7 Å². The molecule has 12 aromatic carbocycles. The molecular weight excluding hydrogens is 1380 g/mol. The normalized spacial score (nSPS) is 10.9. The zero-order valence-corrected chi connectivity index (χ0v) is 56.8. The molecule has 479 valence electrons. The fourth-order valence-electron chi connectivity index (χ4n) is 13.4. The fraction of sp³-hybridized carbons (Fsp3) is 0. The summed E-state index contributed by atoms with van der Waals surface area (Å²) in [6, 6.07) is 124. The summed E-state index contributed by atoms with van der Waals surface area (Å²) in [5.41, 5.74) is 22.3. The Morgan fingerprint density at radius 3 is 0.970 bits per heavy atom. The van der Waals surface area contributed by atoms with Crippen molar-refractivity contribution in [3.63, 3.8) is 0 Å². The van der Waals surface area contributed by atoms with E-state index in [1.807, 2.05) is 143 Å². The minimum absolute atomic E-state index is 0. The van der Waals surface area contributed by atoms with Crippen molar-refractivity contribution >= 4 is 82.5 Å². The van der Waals surface area contributed by atoms with Crippen LogP contribution < -0.4 is 14.0 Å². The smallest absolute Gasteiger partial charge is 0.115 e. The van der Waals surface area contributed by atoms with Crippen LogP contribution in [0.15, 0.2) is 364 Å². The van der Waals surface area contributed by atoms with E-state index in [4.69, 9.17) is 0 Å². The number of benzene rings is 12. The molecule has 0 aliphatic rings. The Labute approximate surface area is 591 Å². The quantitative estimate of drug-likeness (QED) is 0.107. The Morgan fingerprint density at radius 2 is 0.626 bits per heavy atom. The van der Waals surface area contributed by atoms with Gasteiger partial charge in [-0.05, 0) is 127 Å². The number of para-hydroxylation sites is 6. The number of nitrogens with zero attached hydrogens (tertiary/aromatic N) is 7. The van der Waals surface area contributed by atoms with Gasteiger partial charge in [0.2, 0.25) is 0 Å². The molecule has 99 heavy (non-hydrogen) atoms. The van der Waals surface area contributed by atoms with Crippen molar-refractivity contribution in [1.29, 1.82) is 0 Å². The summed E-state index contributed by atoms with van der Waals surface area (Å²) in [7, 11) is 7.82. The summed E-state index contributed by atoms with van der Waals surface area (Å²) in [4.78, 5) is 6.63. The monoisotopic (exact) mass is 1450 g/mol. The molecule has 7 nitrogen and oxygen atoms in total. The van der Waals surface area contributed by atoms with E-state index in [1.165, 1.54) is 65.4 Å². The predicted molar refractivity (Wildman–Crippen MR) is 407 cm³/mol. The van der Waals surface area contributed by atoms with E-state index < -0.39 is 0 Å². The van der Waals surface area contributed by atoms with Crippen molar-refractivity contribution in [2.24, 2.45) is 0 Å². The second-order valence-corrected chi connectivity index (χ2v) is 23.9. The Bertz CT molecular complexity index is 5140. The average molecular weight is 1450 g/mol.